The smallest absolute Gasteiger partial charge is 0.409 e. The number of anilines is 3. The van der Waals surface area contributed by atoms with Gasteiger partial charge in [0, 0.05) is 49.6 Å². The van der Waals surface area contributed by atoms with E-state index >= 15 is 4.39 Å². The van der Waals surface area contributed by atoms with Crippen LogP contribution in [0.4, 0.5) is 30.3 Å². The zero-order chi connectivity index (χ0) is 28.9. The van der Waals surface area contributed by atoms with Crippen molar-refractivity contribution in [2.24, 2.45) is 0 Å². The summed E-state index contributed by atoms with van der Waals surface area (Å²) in [4.78, 5) is 26.8. The van der Waals surface area contributed by atoms with Crippen molar-refractivity contribution in [3.63, 3.8) is 0 Å². The van der Waals surface area contributed by atoms with Crippen LogP contribution in [0.2, 0.25) is 5.02 Å². The first-order chi connectivity index (χ1) is 19.0. The second kappa shape index (κ2) is 10.6. The van der Waals surface area contributed by atoms with Gasteiger partial charge in [0.25, 0.3) is 0 Å². The fourth-order valence-corrected chi connectivity index (χ4v) is 6.59. The van der Waals surface area contributed by atoms with E-state index in [1.165, 1.54) is 6.07 Å². The molecule has 40 heavy (non-hydrogen) atoms. The third kappa shape index (κ3) is 4.74. The van der Waals surface area contributed by atoms with Gasteiger partial charge in [-0.1, -0.05) is 17.7 Å². The van der Waals surface area contributed by atoms with E-state index in [1.54, 1.807) is 25.1 Å². The van der Waals surface area contributed by atoms with Crippen LogP contribution in [0.1, 0.15) is 18.9 Å². The van der Waals surface area contributed by atoms with Crippen LogP contribution in [0, 0.1) is 23.0 Å². The summed E-state index contributed by atoms with van der Waals surface area (Å²) in [6.07, 6.45) is -0.516. The number of carbonyl (C=O) groups is 1. The summed E-state index contributed by atoms with van der Waals surface area (Å²) in [7, 11) is 5.66. The van der Waals surface area contributed by atoms with E-state index in [4.69, 9.17) is 16.6 Å². The van der Waals surface area contributed by atoms with E-state index in [1.807, 2.05) is 6.07 Å². The van der Waals surface area contributed by atoms with Gasteiger partial charge in [-0.3, -0.25) is 5.32 Å². The zero-order valence-corrected chi connectivity index (χ0v) is 23.8. The van der Waals surface area contributed by atoms with E-state index in [0.29, 0.717) is 23.7 Å². The van der Waals surface area contributed by atoms with E-state index in [-0.39, 0.29) is 48.4 Å². The lowest BCUT2D eigenvalue weighted by atomic mass is 9.97. The molecule has 1 aliphatic heterocycles. The summed E-state index contributed by atoms with van der Waals surface area (Å²) >= 11 is 7.44. The fraction of sp³-hybridized carbons (Fsp3) is 0.333. The maximum absolute atomic E-state index is 16.6. The summed E-state index contributed by atoms with van der Waals surface area (Å²) in [5, 5.41) is 21.7. The Kier molecular flexibility index (Phi) is 7.39. The van der Waals surface area contributed by atoms with Crippen LogP contribution < -0.4 is 15.1 Å². The van der Waals surface area contributed by atoms with Crippen molar-refractivity contribution in [2.75, 3.05) is 55.9 Å². The zero-order valence-electron chi connectivity index (χ0n) is 22.2. The highest BCUT2D eigenvalue weighted by Gasteiger charge is 2.28. The molecule has 1 fully saturated rings. The van der Waals surface area contributed by atoms with Gasteiger partial charge in [0.2, 0.25) is 5.95 Å². The Bertz CT molecular complexity index is 1700. The molecule has 1 amide bonds. The summed E-state index contributed by atoms with van der Waals surface area (Å²) < 4.78 is 31.5. The molecule has 0 bridgehead atoms. The summed E-state index contributed by atoms with van der Waals surface area (Å²) in [6, 6.07) is 6.07. The number of nitrogens with one attached hydrogen (secondary N) is 1. The maximum atomic E-state index is 16.6. The highest BCUT2D eigenvalue weighted by molar-refractivity contribution is 7.23. The number of fused-ring (bicyclic) bond motifs is 2. The minimum absolute atomic E-state index is 0.00762. The molecule has 0 aliphatic carbocycles. The van der Waals surface area contributed by atoms with Crippen molar-refractivity contribution in [1.82, 2.24) is 14.9 Å². The molecule has 208 valence electrons. The van der Waals surface area contributed by atoms with Crippen molar-refractivity contribution in [3.05, 3.63) is 40.4 Å². The molecule has 5 rings (SSSR count). The first-order valence-corrected chi connectivity index (χ1v) is 13.7. The maximum Gasteiger partial charge on any atom is 0.409 e. The second-order valence-electron chi connectivity index (χ2n) is 9.99. The molecule has 3 heterocycles. The number of benzene rings is 2. The quantitative estimate of drug-likeness (QED) is 0.300. The first kappa shape index (κ1) is 27.8. The number of hydrogen-bond donors (Lipinski definition) is 2. The highest BCUT2D eigenvalue weighted by Crippen LogP contribution is 2.46. The topological polar surface area (TPSA) is 109 Å². The lowest BCUT2D eigenvalue weighted by molar-refractivity contribution is 0.210. The standard InChI is InChI=1S/C27H26ClF2N7O2S/c1-13-12-36(4)8-5-9-37(13)26-32-22-15(24(33-26)35(2)3)10-17(28)20(21(22)30)14-6-7-18(29)23-19(14)16(11-31)25(40-23)34-27(38)39/h6-7,10,13,34H,5,8-9,12H2,1-4H3,(H,38,39). The number of likely N-dealkylation sites (N-methyl/N-ethyl adjacent to an activating group) is 1. The Morgan fingerprint density at radius 1 is 1.30 bits per heavy atom. The first-order valence-electron chi connectivity index (χ1n) is 12.5. The van der Waals surface area contributed by atoms with Crippen LogP contribution in [0.25, 0.3) is 32.1 Å². The lowest BCUT2D eigenvalue weighted by Gasteiger charge is -2.29. The molecule has 2 aromatic carbocycles. The molecule has 0 saturated carbocycles. The van der Waals surface area contributed by atoms with Crippen molar-refractivity contribution in [1.29, 1.82) is 5.26 Å². The van der Waals surface area contributed by atoms with Gasteiger partial charge in [0.05, 0.1) is 15.3 Å². The van der Waals surface area contributed by atoms with Gasteiger partial charge in [-0.15, -0.1) is 11.3 Å². The van der Waals surface area contributed by atoms with E-state index in [2.05, 4.69) is 34.1 Å². The van der Waals surface area contributed by atoms with E-state index in [0.717, 1.165) is 36.9 Å². The number of hydrogen-bond acceptors (Lipinski definition) is 8. The number of aromatic nitrogens is 2. The minimum atomic E-state index is -1.41. The van der Waals surface area contributed by atoms with Gasteiger partial charge in [0.1, 0.15) is 28.2 Å². The monoisotopic (exact) mass is 585 g/mol. The fourth-order valence-electron chi connectivity index (χ4n) is 5.23. The van der Waals surface area contributed by atoms with Crippen LogP contribution in [0.5, 0.6) is 0 Å². The summed E-state index contributed by atoms with van der Waals surface area (Å²) in [6.45, 7) is 4.49. The number of amides is 1. The van der Waals surface area contributed by atoms with Gasteiger partial charge in [-0.2, -0.15) is 10.2 Å². The molecule has 0 spiro atoms. The Morgan fingerprint density at radius 3 is 2.73 bits per heavy atom. The van der Waals surface area contributed by atoms with Crippen LogP contribution >= 0.6 is 22.9 Å². The SMILES string of the molecule is CC1CN(C)CCCN1c1nc(N(C)C)c2cc(Cl)c(-c3ccc(F)c4sc(NC(=O)O)c(C#N)c34)c(F)c2n1. The highest BCUT2D eigenvalue weighted by atomic mass is 35.5. The molecule has 1 unspecified atom stereocenters. The Hall–Kier alpha value is -3.79. The minimum Gasteiger partial charge on any atom is -0.465 e. The predicted molar refractivity (Wildman–Crippen MR) is 155 cm³/mol. The molecule has 13 heteroatoms. The Labute approximate surface area is 238 Å². The lowest BCUT2D eigenvalue weighted by Crippen LogP contribution is -2.39. The Balaban J connectivity index is 1.80. The molecular weight excluding hydrogens is 560 g/mol. The average molecular weight is 586 g/mol. The number of thiophene rings is 1. The molecule has 2 N–H and O–H groups in total. The summed E-state index contributed by atoms with van der Waals surface area (Å²) in [5.74, 6) is -0.542. The molecule has 9 nitrogen and oxygen atoms in total. The number of rotatable bonds is 4. The normalized spacial score (nSPS) is 16.2. The predicted octanol–water partition coefficient (Wildman–Crippen LogP) is 6.00. The molecule has 1 aliphatic rings. The van der Waals surface area contributed by atoms with Gasteiger partial charge >= 0.3 is 6.09 Å². The number of carboxylic acid groups (broad SMARTS) is 1. The molecule has 2 aromatic heterocycles. The Morgan fingerprint density at radius 2 is 2.05 bits per heavy atom. The van der Waals surface area contributed by atoms with Crippen LogP contribution in [0.15, 0.2) is 18.2 Å². The molecular formula is C27H26ClF2N7O2S. The third-order valence-electron chi connectivity index (χ3n) is 6.97. The summed E-state index contributed by atoms with van der Waals surface area (Å²) in [5.41, 5.74) is 0.0112. The molecule has 4 aromatic rings. The average Bonchev–Trinajstić information content (AvgIpc) is 3.16. The van der Waals surface area contributed by atoms with Crippen molar-refractivity contribution >= 4 is 66.8 Å². The van der Waals surface area contributed by atoms with Crippen molar-refractivity contribution < 1.29 is 18.7 Å². The third-order valence-corrected chi connectivity index (χ3v) is 8.38. The molecule has 0 radical (unpaired) electrons. The van der Waals surface area contributed by atoms with E-state index in [9.17, 15) is 19.6 Å². The van der Waals surface area contributed by atoms with Crippen LogP contribution in [0.3, 0.4) is 0 Å². The van der Waals surface area contributed by atoms with Crippen molar-refractivity contribution in [3.8, 4) is 17.2 Å². The van der Waals surface area contributed by atoms with Gasteiger partial charge in [-0.05, 0) is 44.6 Å². The van der Waals surface area contributed by atoms with Crippen molar-refractivity contribution in [2.45, 2.75) is 19.4 Å². The van der Waals surface area contributed by atoms with Gasteiger partial charge in [-0.25, -0.2) is 18.6 Å². The second-order valence-corrected chi connectivity index (χ2v) is 11.4. The van der Waals surface area contributed by atoms with Gasteiger partial charge in [0.15, 0.2) is 5.82 Å². The molecule has 1 saturated heterocycles. The van der Waals surface area contributed by atoms with Crippen LogP contribution in [-0.2, 0) is 0 Å². The van der Waals surface area contributed by atoms with Gasteiger partial charge < -0.3 is 19.8 Å². The van der Waals surface area contributed by atoms with Crippen LogP contribution in [-0.4, -0.2) is 72.9 Å². The van der Waals surface area contributed by atoms with E-state index < -0.39 is 17.7 Å². The largest absolute Gasteiger partial charge is 0.465 e. The molecule has 1 atom stereocenters. The number of nitrogens with zero attached hydrogens (tertiary/aromatic N) is 6. The number of nitriles is 1. The number of halogens is 3.